The van der Waals surface area contributed by atoms with Crippen molar-refractivity contribution in [2.24, 2.45) is 0 Å². The lowest BCUT2D eigenvalue weighted by atomic mass is 10.2. The van der Waals surface area contributed by atoms with Gasteiger partial charge in [0.2, 0.25) is 0 Å². The van der Waals surface area contributed by atoms with Gasteiger partial charge in [-0.25, -0.2) is 15.0 Å². The fraction of sp³-hybridized carbons (Fsp3) is 0.341. The summed E-state index contributed by atoms with van der Waals surface area (Å²) in [5.74, 6) is 0.667. The third-order valence-electron chi connectivity index (χ3n) is 8.63. The number of nitrogens with one attached hydrogen (secondary N) is 1. The number of nitrogen functional groups attached to an aromatic ring is 1. The van der Waals surface area contributed by atoms with E-state index in [-0.39, 0.29) is 27.8 Å². The maximum atomic E-state index is 13.2. The molecule has 0 radical (unpaired) electrons. The number of halogens is 11. The van der Waals surface area contributed by atoms with Crippen molar-refractivity contribution in [3.8, 4) is 0 Å². The summed E-state index contributed by atoms with van der Waals surface area (Å²) in [6.45, 7) is 6.64. The summed E-state index contributed by atoms with van der Waals surface area (Å²) in [5.41, 5.74) is 5.41. The Hall–Kier alpha value is -5.04. The Morgan fingerprint density at radius 3 is 1.41 bits per heavy atom. The Balaban J connectivity index is 0.000000193. The van der Waals surface area contributed by atoms with Gasteiger partial charge in [-0.2, -0.15) is 39.5 Å². The van der Waals surface area contributed by atoms with Crippen LogP contribution < -0.4 is 20.9 Å². The molecule has 0 amide bonds. The van der Waals surface area contributed by atoms with Gasteiger partial charge in [0.15, 0.2) is 0 Å². The van der Waals surface area contributed by atoms with Crippen LogP contribution in [0.2, 0.25) is 10.3 Å². The molecule has 2 aliphatic heterocycles. The second-order valence-corrected chi connectivity index (χ2v) is 13.9. The Morgan fingerprint density at radius 1 is 0.574 bits per heavy atom. The zero-order chi connectivity index (χ0) is 44.6. The molecule has 5 heterocycles. The highest BCUT2D eigenvalue weighted by Gasteiger charge is 2.34. The van der Waals surface area contributed by atoms with E-state index in [0.29, 0.717) is 77.1 Å². The first-order chi connectivity index (χ1) is 28.8. The third-order valence-corrected chi connectivity index (χ3v) is 9.01. The molecule has 3 N–H and O–H groups in total. The molecule has 330 valence electrons. The first kappa shape index (κ1) is 48.6. The lowest BCUT2D eigenvalue weighted by Crippen LogP contribution is -2.37. The SMILES string of the molecule is CCc1ccccc1.FC(F)(F)c1cc(Cl)nc(Cl)c1.FC(F)(F)c1cc(NCc2ccccc2)nc(N2CCOCC2)c1.Nc1cc(C(F)(F)F)cc(N2CCOCC2)n1. The molecule has 7 rings (SSSR count). The highest BCUT2D eigenvalue weighted by molar-refractivity contribution is 6.32. The number of nitrogens with two attached hydrogens (primary N) is 1. The Morgan fingerprint density at radius 2 is 0.984 bits per heavy atom. The van der Waals surface area contributed by atoms with Crippen LogP contribution in [0.3, 0.4) is 0 Å². The van der Waals surface area contributed by atoms with Gasteiger partial charge < -0.3 is 30.3 Å². The van der Waals surface area contributed by atoms with Crippen LogP contribution in [0.5, 0.6) is 0 Å². The number of hydrogen-bond donors (Lipinski definition) is 2. The second-order valence-electron chi connectivity index (χ2n) is 13.1. The number of ether oxygens (including phenoxy) is 2. The Kier molecular flexibility index (Phi) is 18.1. The zero-order valence-corrected chi connectivity index (χ0v) is 34.1. The minimum Gasteiger partial charge on any atom is -0.384 e. The molecule has 0 spiro atoms. The first-order valence-corrected chi connectivity index (χ1v) is 19.4. The minimum absolute atomic E-state index is 0.124. The van der Waals surface area contributed by atoms with Crippen molar-refractivity contribution < 1.29 is 49.0 Å². The summed E-state index contributed by atoms with van der Waals surface area (Å²) in [6.07, 6.45) is -12.1. The molecule has 2 fully saturated rings. The van der Waals surface area contributed by atoms with E-state index in [1.165, 1.54) is 5.56 Å². The first-order valence-electron chi connectivity index (χ1n) is 18.6. The van der Waals surface area contributed by atoms with Crippen molar-refractivity contribution in [2.45, 2.75) is 38.4 Å². The summed E-state index contributed by atoms with van der Waals surface area (Å²) in [4.78, 5) is 15.2. The summed E-state index contributed by atoms with van der Waals surface area (Å²) < 4.78 is 124. The minimum atomic E-state index is -4.43. The summed E-state index contributed by atoms with van der Waals surface area (Å²) in [7, 11) is 0. The van der Waals surface area contributed by atoms with Gasteiger partial charge in [0.1, 0.15) is 33.6 Å². The van der Waals surface area contributed by atoms with E-state index in [1.54, 1.807) is 4.90 Å². The van der Waals surface area contributed by atoms with E-state index < -0.39 is 35.2 Å². The van der Waals surface area contributed by atoms with Gasteiger partial charge in [0, 0.05) is 32.7 Å². The number of aromatic nitrogens is 3. The quantitative estimate of drug-likeness (QED) is 0.127. The van der Waals surface area contributed by atoms with E-state index in [9.17, 15) is 39.5 Å². The molecule has 2 aliphatic rings. The van der Waals surface area contributed by atoms with Crippen LogP contribution in [0.15, 0.2) is 97.1 Å². The van der Waals surface area contributed by atoms with Crippen molar-refractivity contribution >= 4 is 46.5 Å². The molecule has 61 heavy (non-hydrogen) atoms. The van der Waals surface area contributed by atoms with Gasteiger partial charge >= 0.3 is 18.5 Å². The van der Waals surface area contributed by atoms with Gasteiger partial charge in [-0.05, 0) is 53.9 Å². The molecular formula is C41H42Cl2F9N7O2. The number of hydrogen-bond acceptors (Lipinski definition) is 9. The number of nitrogens with zero attached hydrogens (tertiary/aromatic N) is 5. The van der Waals surface area contributed by atoms with Gasteiger partial charge in [-0.1, -0.05) is 90.8 Å². The van der Waals surface area contributed by atoms with Crippen LogP contribution in [0.25, 0.3) is 0 Å². The topological polar surface area (TPSA) is 102 Å². The number of aryl methyl sites for hydroxylation is 1. The Bertz CT molecular complexity index is 2070. The van der Waals surface area contributed by atoms with Crippen molar-refractivity contribution in [2.75, 3.05) is 73.5 Å². The lowest BCUT2D eigenvalue weighted by Gasteiger charge is -2.28. The third kappa shape index (κ3) is 16.7. The molecule has 2 saturated heterocycles. The second kappa shape index (κ2) is 22.7. The fourth-order valence-corrected chi connectivity index (χ4v) is 5.97. The van der Waals surface area contributed by atoms with Crippen LogP contribution in [0, 0.1) is 0 Å². The zero-order valence-electron chi connectivity index (χ0n) is 32.6. The molecule has 3 aromatic heterocycles. The molecule has 5 aromatic rings. The van der Waals surface area contributed by atoms with Gasteiger partial charge in [-0.15, -0.1) is 0 Å². The van der Waals surface area contributed by atoms with E-state index in [4.69, 9.17) is 38.4 Å². The van der Waals surface area contributed by atoms with Crippen LogP contribution in [-0.2, 0) is 41.0 Å². The maximum absolute atomic E-state index is 13.2. The van der Waals surface area contributed by atoms with E-state index in [0.717, 1.165) is 36.2 Å². The lowest BCUT2D eigenvalue weighted by molar-refractivity contribution is -0.138. The van der Waals surface area contributed by atoms with Crippen molar-refractivity contribution in [3.05, 3.63) is 135 Å². The molecule has 0 bridgehead atoms. The van der Waals surface area contributed by atoms with Crippen molar-refractivity contribution in [3.63, 3.8) is 0 Å². The van der Waals surface area contributed by atoms with Crippen LogP contribution >= 0.6 is 23.2 Å². The molecule has 2 aromatic carbocycles. The molecular weight excluding hydrogens is 864 g/mol. The summed E-state index contributed by atoms with van der Waals surface area (Å²) in [6, 6.07) is 25.4. The summed E-state index contributed by atoms with van der Waals surface area (Å²) in [5, 5.41) is 2.45. The van der Waals surface area contributed by atoms with Gasteiger partial charge in [-0.3, -0.25) is 0 Å². The number of pyridine rings is 3. The number of anilines is 4. The molecule has 20 heteroatoms. The number of rotatable bonds is 6. The predicted molar refractivity (Wildman–Crippen MR) is 218 cm³/mol. The Labute approximate surface area is 356 Å². The molecule has 9 nitrogen and oxygen atoms in total. The molecule has 0 unspecified atom stereocenters. The van der Waals surface area contributed by atoms with Crippen LogP contribution in [0.4, 0.5) is 62.8 Å². The molecule has 0 saturated carbocycles. The smallest absolute Gasteiger partial charge is 0.384 e. The van der Waals surface area contributed by atoms with E-state index in [1.807, 2.05) is 41.3 Å². The standard InChI is InChI=1S/C17H18F3N3O.C10H12F3N3O.C8H10.C6H2Cl2F3N/c18-17(19,20)14-10-15(21-12-13-4-2-1-3-5-13)22-16(11-14)23-6-8-24-9-7-23;11-10(12,13)7-5-8(14)15-9(6-7)16-1-3-17-4-2-16;1-2-8-6-4-3-5-7-8;7-4-1-3(6(9,10)11)2-5(8)12-4/h1-5,10-11H,6-9,12H2,(H,21,22);5-6H,1-4H2,(H2,14,15);3-7H,2H2,1H3;1-2H. The van der Waals surface area contributed by atoms with Gasteiger partial charge in [0.25, 0.3) is 0 Å². The fourth-order valence-electron chi connectivity index (χ4n) is 5.51. The van der Waals surface area contributed by atoms with Crippen molar-refractivity contribution in [1.82, 2.24) is 15.0 Å². The number of alkyl halides is 9. The average Bonchev–Trinajstić information content (AvgIpc) is 3.23. The normalized spacial score (nSPS) is 14.4. The predicted octanol–water partition coefficient (Wildman–Crippen LogP) is 10.7. The number of morpholine rings is 2. The van der Waals surface area contributed by atoms with E-state index >= 15 is 0 Å². The highest BCUT2D eigenvalue weighted by Crippen LogP contribution is 2.35. The van der Waals surface area contributed by atoms with Crippen LogP contribution in [-0.4, -0.2) is 67.6 Å². The average molecular weight is 907 g/mol. The summed E-state index contributed by atoms with van der Waals surface area (Å²) >= 11 is 10.5. The largest absolute Gasteiger partial charge is 0.416 e. The maximum Gasteiger partial charge on any atom is 0.416 e. The monoisotopic (exact) mass is 905 g/mol. The van der Waals surface area contributed by atoms with E-state index in [2.05, 4.69) is 51.5 Å². The van der Waals surface area contributed by atoms with Crippen LogP contribution in [0.1, 0.15) is 34.7 Å². The molecule has 0 aliphatic carbocycles. The molecule has 0 atom stereocenters. The van der Waals surface area contributed by atoms with Crippen molar-refractivity contribution in [1.29, 1.82) is 0 Å². The number of benzene rings is 2. The highest BCUT2D eigenvalue weighted by atomic mass is 35.5. The van der Waals surface area contributed by atoms with Gasteiger partial charge in [0.05, 0.1) is 43.1 Å².